The Balaban J connectivity index is 3.19. The van der Waals surface area contributed by atoms with E-state index < -0.39 is 0 Å². The smallest absolute Gasteiger partial charge is 0.251 e. The number of nitrogens with two attached hydrogens (primary N) is 1. The van der Waals surface area contributed by atoms with Gasteiger partial charge in [0.25, 0.3) is 5.56 Å². The lowest BCUT2D eigenvalue weighted by Gasteiger charge is -2.08. The van der Waals surface area contributed by atoms with Crippen LogP contribution in [0.3, 0.4) is 0 Å². The zero-order chi connectivity index (χ0) is 10.0. The normalized spacial score (nSPS) is 13.3. The second-order valence-corrected chi connectivity index (χ2v) is 3.50. The Morgan fingerprint density at radius 1 is 1.46 bits per heavy atom. The first-order chi connectivity index (χ1) is 6.00. The van der Waals surface area contributed by atoms with Gasteiger partial charge in [-0.25, -0.2) is 4.98 Å². The molecule has 1 heterocycles. The lowest BCUT2D eigenvalue weighted by atomic mass is 10.2. The second kappa shape index (κ2) is 3.70. The van der Waals surface area contributed by atoms with Crippen molar-refractivity contribution < 1.29 is 0 Å². The van der Waals surface area contributed by atoms with Crippen molar-refractivity contribution in [2.45, 2.75) is 32.7 Å². The maximum Gasteiger partial charge on any atom is 0.251 e. The maximum absolute atomic E-state index is 11.2. The van der Waals surface area contributed by atoms with E-state index >= 15 is 0 Å². The van der Waals surface area contributed by atoms with E-state index in [0.717, 1.165) is 0 Å². The molecule has 0 aliphatic carbocycles. The summed E-state index contributed by atoms with van der Waals surface area (Å²) in [5.41, 5.74) is 6.15. The third-order valence-electron chi connectivity index (χ3n) is 1.79. The molecular weight excluding hydrogens is 166 g/mol. The van der Waals surface area contributed by atoms with E-state index in [9.17, 15) is 4.79 Å². The van der Waals surface area contributed by atoms with E-state index in [0.29, 0.717) is 11.5 Å². The van der Waals surface area contributed by atoms with Crippen LogP contribution in [0.5, 0.6) is 0 Å². The molecule has 1 atom stereocenters. The summed E-state index contributed by atoms with van der Waals surface area (Å²) >= 11 is 0. The van der Waals surface area contributed by atoms with E-state index in [1.165, 1.54) is 6.07 Å². The Morgan fingerprint density at radius 3 is 2.54 bits per heavy atom. The molecule has 0 aliphatic heterocycles. The Labute approximate surface area is 77.2 Å². The minimum absolute atomic E-state index is 0.133. The summed E-state index contributed by atoms with van der Waals surface area (Å²) in [4.78, 5) is 18.1. The lowest BCUT2D eigenvalue weighted by molar-refractivity contribution is 0.708. The number of hydrogen-bond acceptors (Lipinski definition) is 3. The van der Waals surface area contributed by atoms with Crippen LogP contribution in [-0.2, 0) is 0 Å². The molecule has 0 radical (unpaired) electrons. The molecule has 1 aromatic rings. The van der Waals surface area contributed by atoms with E-state index in [4.69, 9.17) is 5.73 Å². The highest BCUT2D eigenvalue weighted by Crippen LogP contribution is 2.09. The van der Waals surface area contributed by atoms with Gasteiger partial charge in [0.15, 0.2) is 0 Å². The van der Waals surface area contributed by atoms with Gasteiger partial charge in [-0.15, -0.1) is 0 Å². The van der Waals surface area contributed by atoms with Crippen molar-refractivity contribution in [3.05, 3.63) is 27.9 Å². The monoisotopic (exact) mass is 181 g/mol. The van der Waals surface area contributed by atoms with Crippen LogP contribution in [0.25, 0.3) is 0 Å². The lowest BCUT2D eigenvalue weighted by Crippen LogP contribution is -2.17. The summed E-state index contributed by atoms with van der Waals surface area (Å²) in [7, 11) is 0. The fourth-order valence-corrected chi connectivity index (χ4v) is 1.00. The van der Waals surface area contributed by atoms with Gasteiger partial charge in [0, 0.05) is 18.0 Å². The highest BCUT2D eigenvalue weighted by atomic mass is 16.1. The molecule has 0 saturated carbocycles. The summed E-state index contributed by atoms with van der Waals surface area (Å²) in [6, 6.07) is 1.25. The number of aromatic amines is 1. The SMILES string of the molecule is CC(C)c1nc(C(C)N)cc(=O)[nH]1. The van der Waals surface area contributed by atoms with Crippen LogP contribution in [0.15, 0.2) is 10.9 Å². The van der Waals surface area contributed by atoms with Crippen LogP contribution in [0.2, 0.25) is 0 Å². The van der Waals surface area contributed by atoms with Gasteiger partial charge < -0.3 is 10.7 Å². The molecule has 0 bridgehead atoms. The zero-order valence-corrected chi connectivity index (χ0v) is 8.16. The number of hydrogen-bond donors (Lipinski definition) is 2. The fourth-order valence-electron chi connectivity index (χ4n) is 1.00. The molecule has 1 rings (SSSR count). The van der Waals surface area contributed by atoms with Crippen molar-refractivity contribution in [3.8, 4) is 0 Å². The van der Waals surface area contributed by atoms with Crippen LogP contribution >= 0.6 is 0 Å². The summed E-state index contributed by atoms with van der Waals surface area (Å²) in [6.07, 6.45) is 0. The second-order valence-electron chi connectivity index (χ2n) is 3.50. The molecule has 0 aromatic carbocycles. The average Bonchev–Trinajstić information content (AvgIpc) is 2.03. The predicted molar refractivity (Wildman–Crippen MR) is 51.5 cm³/mol. The highest BCUT2D eigenvalue weighted by Gasteiger charge is 2.07. The summed E-state index contributed by atoms with van der Waals surface area (Å²) in [5.74, 6) is 0.909. The standard InChI is InChI=1S/C9H15N3O/c1-5(2)9-11-7(6(3)10)4-8(13)12-9/h4-6H,10H2,1-3H3,(H,11,12,13). The van der Waals surface area contributed by atoms with Crippen molar-refractivity contribution in [1.82, 2.24) is 9.97 Å². The van der Waals surface area contributed by atoms with Gasteiger partial charge in [-0.2, -0.15) is 0 Å². The van der Waals surface area contributed by atoms with Gasteiger partial charge in [-0.05, 0) is 6.92 Å². The van der Waals surface area contributed by atoms with E-state index in [-0.39, 0.29) is 17.5 Å². The van der Waals surface area contributed by atoms with E-state index in [2.05, 4.69) is 9.97 Å². The molecule has 0 saturated heterocycles. The zero-order valence-electron chi connectivity index (χ0n) is 8.16. The van der Waals surface area contributed by atoms with Crippen LogP contribution in [0.1, 0.15) is 44.2 Å². The molecular formula is C9H15N3O. The van der Waals surface area contributed by atoms with E-state index in [1.807, 2.05) is 20.8 Å². The molecule has 0 fully saturated rings. The fraction of sp³-hybridized carbons (Fsp3) is 0.556. The quantitative estimate of drug-likeness (QED) is 0.712. The largest absolute Gasteiger partial charge is 0.323 e. The number of rotatable bonds is 2. The first-order valence-corrected chi connectivity index (χ1v) is 4.37. The molecule has 13 heavy (non-hydrogen) atoms. The molecule has 1 aromatic heterocycles. The van der Waals surface area contributed by atoms with E-state index in [1.54, 1.807) is 0 Å². The molecule has 1 unspecified atom stereocenters. The summed E-state index contributed by atoms with van der Waals surface area (Å²) in [6.45, 7) is 5.76. The van der Waals surface area contributed by atoms with Crippen molar-refractivity contribution in [1.29, 1.82) is 0 Å². The van der Waals surface area contributed by atoms with Gasteiger partial charge in [-0.1, -0.05) is 13.8 Å². The summed E-state index contributed by atoms with van der Waals surface area (Å²) < 4.78 is 0. The Hall–Kier alpha value is -1.16. The third-order valence-corrected chi connectivity index (χ3v) is 1.79. The highest BCUT2D eigenvalue weighted by molar-refractivity contribution is 5.07. The molecule has 0 aliphatic rings. The topological polar surface area (TPSA) is 71.8 Å². The molecule has 4 heteroatoms. The minimum Gasteiger partial charge on any atom is -0.323 e. The van der Waals surface area contributed by atoms with Gasteiger partial charge in [0.1, 0.15) is 5.82 Å². The van der Waals surface area contributed by atoms with Crippen LogP contribution in [0.4, 0.5) is 0 Å². The first-order valence-electron chi connectivity index (χ1n) is 4.37. The maximum atomic E-state index is 11.2. The Morgan fingerprint density at radius 2 is 2.08 bits per heavy atom. The van der Waals surface area contributed by atoms with Gasteiger partial charge in [0.05, 0.1) is 5.69 Å². The molecule has 4 nitrogen and oxygen atoms in total. The average molecular weight is 181 g/mol. The predicted octanol–water partition coefficient (Wildman–Crippen LogP) is 0.913. The van der Waals surface area contributed by atoms with Crippen LogP contribution < -0.4 is 11.3 Å². The number of aromatic nitrogens is 2. The minimum atomic E-state index is -0.195. The van der Waals surface area contributed by atoms with Crippen LogP contribution in [-0.4, -0.2) is 9.97 Å². The molecule has 72 valence electrons. The van der Waals surface area contributed by atoms with Gasteiger partial charge in [-0.3, -0.25) is 4.79 Å². The van der Waals surface area contributed by atoms with Gasteiger partial charge in [0.2, 0.25) is 0 Å². The Bertz CT molecular complexity index is 312. The first kappa shape index (κ1) is 9.92. The van der Waals surface area contributed by atoms with Crippen molar-refractivity contribution in [2.24, 2.45) is 5.73 Å². The number of H-pyrrole nitrogens is 1. The van der Waals surface area contributed by atoms with Crippen molar-refractivity contribution >= 4 is 0 Å². The molecule has 3 N–H and O–H groups in total. The van der Waals surface area contributed by atoms with Crippen molar-refractivity contribution in [3.63, 3.8) is 0 Å². The summed E-state index contributed by atoms with van der Waals surface area (Å²) in [5, 5.41) is 0. The third kappa shape index (κ3) is 2.39. The molecule has 0 amide bonds. The number of nitrogens with zero attached hydrogens (tertiary/aromatic N) is 1. The molecule has 0 spiro atoms. The Kier molecular flexibility index (Phi) is 2.83. The van der Waals surface area contributed by atoms with Crippen molar-refractivity contribution in [2.75, 3.05) is 0 Å². The van der Waals surface area contributed by atoms with Gasteiger partial charge >= 0.3 is 0 Å². The number of nitrogens with one attached hydrogen (secondary N) is 1. The van der Waals surface area contributed by atoms with Crippen LogP contribution in [0, 0.1) is 0 Å².